The number of thiophene rings is 1. The molecule has 1 atom stereocenters. The molecule has 1 N–H and O–H groups in total. The molecule has 0 bridgehead atoms. The fourth-order valence-corrected chi connectivity index (χ4v) is 4.74. The van der Waals surface area contributed by atoms with Gasteiger partial charge >= 0.3 is 0 Å². The number of benzene rings is 1. The zero-order chi connectivity index (χ0) is 17.3. The minimum absolute atomic E-state index is 0. The molecule has 2 aliphatic rings. The predicted octanol–water partition coefficient (Wildman–Crippen LogP) is 0.801. The van der Waals surface area contributed by atoms with Crippen LogP contribution in [0.1, 0.15) is 37.5 Å². The normalized spacial score (nSPS) is 22.6. The molecule has 6 heteroatoms. The molecule has 0 saturated heterocycles. The SMILES string of the molecule is CCOc1ccc(N2CC(O)(c3cccs3)[N+]3=C2CCCCC3)cc1.[Br-]. The lowest BCUT2D eigenvalue weighted by Gasteiger charge is -2.21. The van der Waals surface area contributed by atoms with Crippen molar-refractivity contribution in [3.05, 3.63) is 46.7 Å². The van der Waals surface area contributed by atoms with Gasteiger partial charge in [0, 0.05) is 6.42 Å². The van der Waals surface area contributed by atoms with Gasteiger partial charge in [-0.2, -0.15) is 0 Å². The van der Waals surface area contributed by atoms with Gasteiger partial charge in [0.25, 0.3) is 11.6 Å². The Balaban J connectivity index is 0.00000196. The van der Waals surface area contributed by atoms with E-state index in [1.54, 1.807) is 11.3 Å². The first-order valence-corrected chi connectivity index (χ1v) is 10.0. The maximum Gasteiger partial charge on any atom is 0.280 e. The van der Waals surface area contributed by atoms with Crippen molar-refractivity contribution in [1.29, 1.82) is 0 Å². The zero-order valence-corrected chi connectivity index (χ0v) is 17.4. The average Bonchev–Trinajstić information content (AvgIpc) is 3.17. The molecule has 0 radical (unpaired) electrons. The van der Waals surface area contributed by atoms with E-state index in [2.05, 4.69) is 27.7 Å². The zero-order valence-electron chi connectivity index (χ0n) is 15.0. The number of amidine groups is 1. The number of aliphatic hydroxyl groups is 1. The van der Waals surface area contributed by atoms with E-state index < -0.39 is 5.72 Å². The van der Waals surface area contributed by atoms with Crippen molar-refractivity contribution in [2.24, 2.45) is 0 Å². The Kier molecular flexibility index (Phi) is 6.05. The van der Waals surface area contributed by atoms with Crippen LogP contribution in [0, 0.1) is 0 Å². The fraction of sp³-hybridized carbons (Fsp3) is 0.450. The van der Waals surface area contributed by atoms with Crippen LogP contribution in [0.2, 0.25) is 0 Å². The van der Waals surface area contributed by atoms with E-state index in [4.69, 9.17) is 4.74 Å². The molecule has 0 saturated carbocycles. The van der Waals surface area contributed by atoms with Gasteiger partial charge in [0.2, 0.25) is 0 Å². The first-order valence-electron chi connectivity index (χ1n) is 9.12. The van der Waals surface area contributed by atoms with Crippen LogP contribution in [-0.2, 0) is 5.72 Å². The number of β-amino-alcohol motifs (C(OH)–C–C–N with tert-alkyl or cyclic N) is 1. The van der Waals surface area contributed by atoms with E-state index >= 15 is 0 Å². The summed E-state index contributed by atoms with van der Waals surface area (Å²) in [5, 5.41) is 13.6. The first kappa shape index (κ1) is 19.4. The van der Waals surface area contributed by atoms with Gasteiger partial charge in [-0.1, -0.05) is 6.07 Å². The highest BCUT2D eigenvalue weighted by Gasteiger charge is 2.52. The van der Waals surface area contributed by atoms with Gasteiger partial charge in [0.05, 0.1) is 18.0 Å². The standard InChI is InChI=1S/C20H25N2O2S.BrH/c1-2-24-17-11-9-16(10-12-17)21-15-20(23,18-7-6-14-25-18)22-13-5-3-4-8-19(21)22;/h6-7,9-12,14,23H,2-5,8,13,15H2,1H3;1H/q+1;/p-1. The maximum atomic E-state index is 11.6. The van der Waals surface area contributed by atoms with Crippen molar-refractivity contribution < 1.29 is 31.4 Å². The third-order valence-corrected chi connectivity index (χ3v) is 6.12. The molecule has 0 aliphatic carbocycles. The van der Waals surface area contributed by atoms with Crippen LogP contribution < -0.4 is 26.6 Å². The first-order chi connectivity index (χ1) is 12.2. The summed E-state index contributed by atoms with van der Waals surface area (Å²) in [7, 11) is 0. The molecule has 1 unspecified atom stereocenters. The smallest absolute Gasteiger partial charge is 0.280 e. The maximum absolute atomic E-state index is 11.6. The summed E-state index contributed by atoms with van der Waals surface area (Å²) >= 11 is 1.64. The van der Waals surface area contributed by atoms with Crippen molar-refractivity contribution >= 4 is 22.9 Å². The molecule has 1 aromatic carbocycles. The lowest BCUT2D eigenvalue weighted by molar-refractivity contribution is -0.657. The van der Waals surface area contributed by atoms with Crippen molar-refractivity contribution in [2.75, 3.05) is 24.6 Å². The molecule has 2 aliphatic heterocycles. The summed E-state index contributed by atoms with van der Waals surface area (Å²) in [4.78, 5) is 3.32. The Bertz CT molecular complexity index is 761. The summed E-state index contributed by atoms with van der Waals surface area (Å²) < 4.78 is 7.80. The molecule has 1 aromatic heterocycles. The summed E-state index contributed by atoms with van der Waals surface area (Å²) in [6.07, 6.45) is 4.55. The molecule has 4 nitrogen and oxygen atoms in total. The second kappa shape index (κ2) is 8.11. The minimum Gasteiger partial charge on any atom is -1.00 e. The summed E-state index contributed by atoms with van der Waals surface area (Å²) in [6.45, 7) is 4.16. The Morgan fingerprint density at radius 3 is 2.69 bits per heavy atom. The second-order valence-electron chi connectivity index (χ2n) is 6.69. The molecule has 0 fully saturated rings. The fourth-order valence-electron chi connectivity index (χ4n) is 3.92. The predicted molar refractivity (Wildman–Crippen MR) is 102 cm³/mol. The van der Waals surface area contributed by atoms with Crippen molar-refractivity contribution in [2.45, 2.75) is 38.3 Å². The summed E-state index contributed by atoms with van der Waals surface area (Å²) in [5.74, 6) is 2.14. The van der Waals surface area contributed by atoms with Gasteiger partial charge in [-0.05, 0) is 61.9 Å². The highest BCUT2D eigenvalue weighted by molar-refractivity contribution is 7.10. The topological polar surface area (TPSA) is 35.7 Å². The van der Waals surface area contributed by atoms with E-state index in [9.17, 15) is 5.11 Å². The number of hydrogen-bond acceptors (Lipinski definition) is 4. The van der Waals surface area contributed by atoms with Crippen LogP contribution in [0.4, 0.5) is 5.69 Å². The molecular weight excluding hydrogens is 412 g/mol. The van der Waals surface area contributed by atoms with Crippen molar-refractivity contribution in [3.8, 4) is 5.75 Å². The van der Waals surface area contributed by atoms with E-state index in [0.717, 1.165) is 35.7 Å². The molecule has 0 amide bonds. The molecule has 4 rings (SSSR count). The molecule has 0 spiro atoms. The Morgan fingerprint density at radius 1 is 1.19 bits per heavy atom. The van der Waals surface area contributed by atoms with Crippen molar-refractivity contribution in [1.82, 2.24) is 0 Å². The Labute approximate surface area is 169 Å². The van der Waals surface area contributed by atoms with E-state index in [0.29, 0.717) is 13.2 Å². The van der Waals surface area contributed by atoms with Gasteiger partial charge in [-0.25, -0.2) is 9.48 Å². The quantitative estimate of drug-likeness (QED) is 0.720. The number of hydrogen-bond donors (Lipinski definition) is 1. The van der Waals surface area contributed by atoms with Gasteiger partial charge in [0.15, 0.2) is 6.54 Å². The summed E-state index contributed by atoms with van der Waals surface area (Å²) in [5.41, 5.74) is 0.199. The highest BCUT2D eigenvalue weighted by Crippen LogP contribution is 2.37. The second-order valence-corrected chi connectivity index (χ2v) is 7.63. The number of rotatable bonds is 4. The van der Waals surface area contributed by atoms with Gasteiger partial charge in [-0.3, -0.25) is 0 Å². The van der Waals surface area contributed by atoms with E-state index in [-0.39, 0.29) is 17.0 Å². The molecule has 3 heterocycles. The van der Waals surface area contributed by atoms with Gasteiger partial charge in [0.1, 0.15) is 11.4 Å². The molecule has 140 valence electrons. The van der Waals surface area contributed by atoms with Gasteiger partial charge in [-0.15, -0.1) is 11.3 Å². The third-order valence-electron chi connectivity index (χ3n) is 5.11. The van der Waals surface area contributed by atoms with Crippen LogP contribution >= 0.6 is 11.3 Å². The van der Waals surface area contributed by atoms with Gasteiger partial charge < -0.3 is 26.8 Å². The van der Waals surface area contributed by atoms with E-state index in [1.165, 1.54) is 18.7 Å². The lowest BCUT2D eigenvalue weighted by atomic mass is 10.1. The number of ether oxygens (including phenoxy) is 1. The van der Waals surface area contributed by atoms with E-state index in [1.807, 2.05) is 30.5 Å². The van der Waals surface area contributed by atoms with Crippen LogP contribution in [0.15, 0.2) is 41.8 Å². The van der Waals surface area contributed by atoms with Crippen LogP contribution in [0.5, 0.6) is 5.75 Å². The molecule has 26 heavy (non-hydrogen) atoms. The highest BCUT2D eigenvalue weighted by atomic mass is 79.9. The molecule has 2 aromatic rings. The minimum atomic E-state index is -0.924. The Hall–Kier alpha value is -1.37. The lowest BCUT2D eigenvalue weighted by Crippen LogP contribution is -3.00. The van der Waals surface area contributed by atoms with Crippen LogP contribution in [0.25, 0.3) is 0 Å². The van der Waals surface area contributed by atoms with Crippen molar-refractivity contribution in [3.63, 3.8) is 0 Å². The molecular formula is C20H25BrN2O2S. The largest absolute Gasteiger partial charge is 1.00 e. The number of anilines is 1. The number of halogens is 1. The third kappa shape index (κ3) is 3.42. The average molecular weight is 437 g/mol. The Morgan fingerprint density at radius 2 is 2.00 bits per heavy atom. The van der Waals surface area contributed by atoms with Crippen LogP contribution in [0.3, 0.4) is 0 Å². The summed E-state index contributed by atoms with van der Waals surface area (Å²) in [6, 6.07) is 12.3. The monoisotopic (exact) mass is 436 g/mol. The van der Waals surface area contributed by atoms with Crippen LogP contribution in [-0.4, -0.2) is 35.2 Å². The number of nitrogens with zero attached hydrogens (tertiary/aromatic N) is 2.